The number of hydrogen-bond donors (Lipinski definition) is 0. The maximum Gasteiger partial charge on any atom is 0.263 e. The van der Waals surface area contributed by atoms with E-state index in [1.54, 1.807) is 23.0 Å². The van der Waals surface area contributed by atoms with Crippen molar-refractivity contribution >= 4 is 39.2 Å². The van der Waals surface area contributed by atoms with Crippen LogP contribution in [0.5, 0.6) is 0 Å². The summed E-state index contributed by atoms with van der Waals surface area (Å²) in [5.74, 6) is 0.469. The van der Waals surface area contributed by atoms with Gasteiger partial charge < -0.3 is 9.64 Å². The Labute approximate surface area is 166 Å². The Morgan fingerprint density at radius 2 is 2.04 bits per heavy atom. The SMILES string of the molecule is COCCn1c(SCC(=O)N2CCCCC2)nc2sc3c(c2c1=O)CCC3. The highest BCUT2D eigenvalue weighted by atomic mass is 32.2. The molecule has 3 heterocycles. The molecule has 27 heavy (non-hydrogen) atoms. The summed E-state index contributed by atoms with van der Waals surface area (Å²) in [5, 5.41) is 1.42. The maximum absolute atomic E-state index is 13.2. The molecule has 1 saturated heterocycles. The molecule has 2 aromatic rings. The number of carbonyl (C=O) groups excluding carboxylic acids is 1. The van der Waals surface area contributed by atoms with Crippen molar-refractivity contribution in [2.75, 3.05) is 32.6 Å². The second-order valence-corrected chi connectivity index (χ2v) is 9.14. The van der Waals surface area contributed by atoms with E-state index in [0.29, 0.717) is 24.1 Å². The van der Waals surface area contributed by atoms with Crippen molar-refractivity contribution in [1.82, 2.24) is 14.5 Å². The van der Waals surface area contributed by atoms with Crippen LogP contribution in [0, 0.1) is 0 Å². The molecule has 1 aliphatic carbocycles. The predicted octanol–water partition coefficient (Wildman–Crippen LogP) is 2.70. The Kier molecular flexibility index (Phi) is 5.85. The van der Waals surface area contributed by atoms with Crippen molar-refractivity contribution in [3.63, 3.8) is 0 Å². The quantitative estimate of drug-likeness (QED) is 0.544. The number of ether oxygens (including phenoxy) is 1. The minimum Gasteiger partial charge on any atom is -0.383 e. The monoisotopic (exact) mass is 407 g/mol. The minimum atomic E-state index is 0.0179. The Bertz CT molecular complexity index is 900. The third-order valence-corrected chi connectivity index (χ3v) is 7.49. The highest BCUT2D eigenvalue weighted by Gasteiger charge is 2.24. The van der Waals surface area contributed by atoms with Crippen LogP contribution >= 0.6 is 23.1 Å². The summed E-state index contributed by atoms with van der Waals surface area (Å²) in [7, 11) is 1.63. The van der Waals surface area contributed by atoms with Gasteiger partial charge in [-0.15, -0.1) is 11.3 Å². The largest absolute Gasteiger partial charge is 0.383 e. The summed E-state index contributed by atoms with van der Waals surface area (Å²) < 4.78 is 6.89. The lowest BCUT2D eigenvalue weighted by Gasteiger charge is -2.26. The number of piperidine rings is 1. The lowest BCUT2D eigenvalue weighted by Crippen LogP contribution is -2.37. The molecule has 0 N–H and O–H groups in total. The Morgan fingerprint density at radius 3 is 2.81 bits per heavy atom. The zero-order chi connectivity index (χ0) is 18.8. The van der Waals surface area contributed by atoms with Crippen LogP contribution in [0.25, 0.3) is 10.2 Å². The number of thiophene rings is 1. The first-order chi connectivity index (χ1) is 13.2. The molecule has 0 bridgehead atoms. The number of fused-ring (bicyclic) bond motifs is 3. The second-order valence-electron chi connectivity index (χ2n) is 7.11. The highest BCUT2D eigenvalue weighted by molar-refractivity contribution is 7.99. The second kappa shape index (κ2) is 8.32. The molecule has 0 atom stereocenters. The van der Waals surface area contributed by atoms with Crippen molar-refractivity contribution in [1.29, 1.82) is 0 Å². The van der Waals surface area contributed by atoms with Gasteiger partial charge in [-0.3, -0.25) is 14.2 Å². The van der Waals surface area contributed by atoms with Gasteiger partial charge in [-0.2, -0.15) is 0 Å². The van der Waals surface area contributed by atoms with Gasteiger partial charge in [-0.05, 0) is 44.1 Å². The van der Waals surface area contributed by atoms with E-state index < -0.39 is 0 Å². The maximum atomic E-state index is 13.2. The first-order valence-electron chi connectivity index (χ1n) is 9.63. The van der Waals surface area contributed by atoms with Crippen LogP contribution in [0.15, 0.2) is 9.95 Å². The summed E-state index contributed by atoms with van der Waals surface area (Å²) >= 11 is 3.03. The van der Waals surface area contributed by atoms with E-state index in [9.17, 15) is 9.59 Å². The summed E-state index contributed by atoms with van der Waals surface area (Å²) in [5.41, 5.74) is 1.21. The summed E-state index contributed by atoms with van der Waals surface area (Å²) in [6.07, 6.45) is 6.50. The molecule has 1 fully saturated rings. The Hall–Kier alpha value is -1.38. The Balaban J connectivity index is 1.62. The molecule has 0 spiro atoms. The summed E-state index contributed by atoms with van der Waals surface area (Å²) in [6.45, 7) is 2.61. The molecule has 1 aliphatic heterocycles. The van der Waals surface area contributed by atoms with Gasteiger partial charge in [0.05, 0.1) is 24.3 Å². The first kappa shape index (κ1) is 19.0. The molecule has 1 amide bonds. The van der Waals surface area contributed by atoms with Gasteiger partial charge in [-0.25, -0.2) is 4.98 Å². The molecule has 6 nitrogen and oxygen atoms in total. The van der Waals surface area contributed by atoms with Gasteiger partial charge in [0.2, 0.25) is 5.91 Å². The van der Waals surface area contributed by atoms with Gasteiger partial charge >= 0.3 is 0 Å². The van der Waals surface area contributed by atoms with Crippen molar-refractivity contribution in [3.8, 4) is 0 Å². The van der Waals surface area contributed by atoms with E-state index in [2.05, 4.69) is 0 Å². The molecule has 2 aliphatic rings. The predicted molar refractivity (Wildman–Crippen MR) is 109 cm³/mol. The third-order valence-electron chi connectivity index (χ3n) is 5.34. The van der Waals surface area contributed by atoms with E-state index in [1.807, 2.05) is 4.90 Å². The average Bonchev–Trinajstić information content (AvgIpc) is 3.27. The normalized spacial score (nSPS) is 16.9. The fourth-order valence-electron chi connectivity index (χ4n) is 3.91. The molecule has 2 aromatic heterocycles. The highest BCUT2D eigenvalue weighted by Crippen LogP contribution is 2.35. The summed E-state index contributed by atoms with van der Waals surface area (Å²) in [4.78, 5) is 34.6. The smallest absolute Gasteiger partial charge is 0.263 e. The number of hydrogen-bond acceptors (Lipinski definition) is 6. The van der Waals surface area contributed by atoms with Crippen LogP contribution < -0.4 is 5.56 Å². The lowest BCUT2D eigenvalue weighted by atomic mass is 10.1. The van der Waals surface area contributed by atoms with Gasteiger partial charge in [0.15, 0.2) is 5.16 Å². The van der Waals surface area contributed by atoms with Crippen LogP contribution in [0.1, 0.15) is 36.1 Å². The molecule has 0 radical (unpaired) electrons. The third kappa shape index (κ3) is 3.79. The number of aryl methyl sites for hydroxylation is 2. The molecule has 8 heteroatoms. The van der Waals surface area contributed by atoms with Crippen molar-refractivity contribution in [2.45, 2.75) is 50.2 Å². The molecule has 146 valence electrons. The van der Waals surface area contributed by atoms with Crippen molar-refractivity contribution < 1.29 is 9.53 Å². The molecule has 0 saturated carbocycles. The number of carbonyl (C=O) groups is 1. The minimum absolute atomic E-state index is 0.0179. The van der Waals surface area contributed by atoms with E-state index in [-0.39, 0.29) is 11.5 Å². The number of aromatic nitrogens is 2. The van der Waals surface area contributed by atoms with Crippen LogP contribution in [0.4, 0.5) is 0 Å². The standard InChI is InChI=1S/C19H25N3O3S2/c1-25-11-10-22-18(24)16-13-6-5-7-14(13)27-17(16)20-19(22)26-12-15(23)21-8-3-2-4-9-21/h2-12H2,1H3. The van der Waals surface area contributed by atoms with Crippen molar-refractivity contribution in [2.24, 2.45) is 0 Å². The molecule has 4 rings (SSSR count). The van der Waals surface area contributed by atoms with E-state index in [0.717, 1.165) is 55.4 Å². The zero-order valence-electron chi connectivity index (χ0n) is 15.7. The molecular weight excluding hydrogens is 382 g/mol. The van der Waals surface area contributed by atoms with Gasteiger partial charge in [-0.1, -0.05) is 11.8 Å². The lowest BCUT2D eigenvalue weighted by molar-refractivity contribution is -0.129. The fourth-order valence-corrected chi connectivity index (χ4v) is 6.14. The fraction of sp³-hybridized carbons (Fsp3) is 0.632. The molecule has 0 unspecified atom stereocenters. The van der Waals surface area contributed by atoms with Crippen LogP contribution in [-0.4, -0.2) is 52.9 Å². The van der Waals surface area contributed by atoms with Crippen LogP contribution in [0.3, 0.4) is 0 Å². The molecular formula is C19H25N3O3S2. The zero-order valence-corrected chi connectivity index (χ0v) is 17.3. The van der Waals surface area contributed by atoms with Crippen LogP contribution in [0.2, 0.25) is 0 Å². The van der Waals surface area contributed by atoms with Gasteiger partial charge in [0.1, 0.15) is 4.83 Å². The number of methoxy groups -OCH3 is 1. The van der Waals surface area contributed by atoms with E-state index >= 15 is 0 Å². The average molecular weight is 408 g/mol. The number of amides is 1. The number of nitrogens with zero attached hydrogens (tertiary/aromatic N) is 3. The van der Waals surface area contributed by atoms with E-state index in [4.69, 9.17) is 9.72 Å². The number of thioether (sulfide) groups is 1. The number of likely N-dealkylation sites (tertiary alicyclic amines) is 1. The number of rotatable bonds is 6. The first-order valence-corrected chi connectivity index (χ1v) is 11.4. The van der Waals surface area contributed by atoms with E-state index in [1.165, 1.54) is 28.6 Å². The Morgan fingerprint density at radius 1 is 1.22 bits per heavy atom. The van der Waals surface area contributed by atoms with Gasteiger partial charge in [0, 0.05) is 25.1 Å². The summed E-state index contributed by atoms with van der Waals surface area (Å²) in [6, 6.07) is 0. The molecule has 0 aromatic carbocycles. The van der Waals surface area contributed by atoms with Crippen LogP contribution in [-0.2, 0) is 28.9 Å². The van der Waals surface area contributed by atoms with Crippen molar-refractivity contribution in [3.05, 3.63) is 20.8 Å². The van der Waals surface area contributed by atoms with Gasteiger partial charge in [0.25, 0.3) is 5.56 Å². The topological polar surface area (TPSA) is 64.4 Å².